The number of benzene rings is 1. The van der Waals surface area contributed by atoms with Gasteiger partial charge in [0.1, 0.15) is 0 Å². The molecule has 1 aliphatic carbocycles. The molecule has 1 saturated carbocycles. The number of amides is 1. The predicted molar refractivity (Wildman–Crippen MR) is 92.4 cm³/mol. The topological polar surface area (TPSA) is 40.5 Å². The molecule has 2 fully saturated rings. The molecule has 1 aliphatic heterocycles. The van der Waals surface area contributed by atoms with Gasteiger partial charge in [0.25, 0.3) is 0 Å². The monoisotopic (exact) mass is 369 g/mol. The van der Waals surface area contributed by atoms with E-state index in [9.17, 15) is 23.1 Å². The van der Waals surface area contributed by atoms with Gasteiger partial charge in [-0.3, -0.25) is 4.79 Å². The highest BCUT2D eigenvalue weighted by Gasteiger charge is 2.50. The van der Waals surface area contributed by atoms with Gasteiger partial charge < -0.3 is 10.0 Å². The normalized spacial score (nSPS) is 23.1. The van der Waals surface area contributed by atoms with Crippen LogP contribution >= 0.6 is 0 Å². The molecular formula is C20H26F3NO2. The lowest BCUT2D eigenvalue weighted by Crippen LogP contribution is -2.59. The highest BCUT2D eigenvalue weighted by Crippen LogP contribution is 2.49. The van der Waals surface area contributed by atoms with Crippen molar-refractivity contribution in [2.45, 2.75) is 45.2 Å². The van der Waals surface area contributed by atoms with Crippen molar-refractivity contribution in [3.8, 4) is 0 Å². The second kappa shape index (κ2) is 7.22. The van der Waals surface area contributed by atoms with Crippen LogP contribution < -0.4 is 0 Å². The smallest absolute Gasteiger partial charge is 0.396 e. The number of hydrogen-bond acceptors (Lipinski definition) is 2. The third-order valence-corrected chi connectivity index (χ3v) is 6.01. The summed E-state index contributed by atoms with van der Waals surface area (Å²) in [6.45, 7) is 3.23. The number of aliphatic hydroxyl groups excluding tert-OH is 1. The molecule has 26 heavy (non-hydrogen) atoms. The van der Waals surface area contributed by atoms with Crippen LogP contribution in [-0.2, 0) is 17.4 Å². The third-order valence-electron chi connectivity index (χ3n) is 6.01. The van der Waals surface area contributed by atoms with E-state index in [1.165, 1.54) is 12.1 Å². The Bertz CT molecular complexity index is 649. The Kier molecular flexibility index (Phi) is 5.33. The molecule has 1 aromatic rings. The van der Waals surface area contributed by atoms with Crippen LogP contribution in [-0.4, -0.2) is 35.6 Å². The molecule has 3 nitrogen and oxygen atoms in total. The van der Waals surface area contributed by atoms with Crippen LogP contribution in [0.15, 0.2) is 24.3 Å². The van der Waals surface area contributed by atoms with Crippen molar-refractivity contribution in [3.05, 3.63) is 35.4 Å². The maximum Gasteiger partial charge on any atom is 0.416 e. The lowest BCUT2D eigenvalue weighted by Gasteiger charge is -2.49. The molecule has 0 bridgehead atoms. The van der Waals surface area contributed by atoms with Gasteiger partial charge >= 0.3 is 6.18 Å². The molecule has 3 rings (SSSR count). The maximum absolute atomic E-state index is 12.9. The van der Waals surface area contributed by atoms with Gasteiger partial charge in [0.2, 0.25) is 5.91 Å². The molecule has 0 radical (unpaired) electrons. The number of rotatable bonds is 5. The quantitative estimate of drug-likeness (QED) is 0.855. The first-order valence-electron chi connectivity index (χ1n) is 9.32. The first-order valence-corrected chi connectivity index (χ1v) is 9.32. The van der Waals surface area contributed by atoms with E-state index in [2.05, 4.69) is 0 Å². The molecule has 2 aliphatic rings. The van der Waals surface area contributed by atoms with Crippen LogP contribution in [0.25, 0.3) is 0 Å². The van der Waals surface area contributed by atoms with Crippen molar-refractivity contribution in [2.75, 3.05) is 19.7 Å². The molecule has 1 aromatic carbocycles. The second-order valence-corrected chi connectivity index (χ2v) is 7.99. The van der Waals surface area contributed by atoms with E-state index in [1.807, 2.05) is 11.8 Å². The van der Waals surface area contributed by atoms with Crippen LogP contribution in [0.4, 0.5) is 13.2 Å². The van der Waals surface area contributed by atoms with E-state index in [0.717, 1.165) is 44.0 Å². The summed E-state index contributed by atoms with van der Waals surface area (Å²) in [6.07, 6.45) is -0.0239. The molecule has 0 aromatic heterocycles. The van der Waals surface area contributed by atoms with Crippen LogP contribution in [0.2, 0.25) is 0 Å². The average Bonchev–Trinajstić information content (AvgIpc) is 2.98. The SMILES string of the molecule is CC[C@H](CO)C(=O)N1CC2(CCC(Cc3cccc(C(F)(F)F)c3)C2)C1. The molecule has 1 saturated heterocycles. The van der Waals surface area contributed by atoms with Crippen LogP contribution in [0, 0.1) is 17.3 Å². The number of nitrogens with zero attached hydrogens (tertiary/aromatic N) is 1. The van der Waals surface area contributed by atoms with Gasteiger partial charge in [0, 0.05) is 18.5 Å². The zero-order valence-corrected chi connectivity index (χ0v) is 15.1. The highest BCUT2D eigenvalue weighted by atomic mass is 19.4. The Morgan fingerprint density at radius 1 is 1.38 bits per heavy atom. The standard InChI is InChI=1S/C20H26F3NO2/c1-2-16(11-25)18(26)24-12-19(13-24)7-6-15(10-19)8-14-4-3-5-17(9-14)20(21,22)23/h3-5,9,15-16,25H,2,6-8,10-13H2,1H3/t15?,16-/m1/s1. The molecule has 2 atom stereocenters. The molecule has 6 heteroatoms. The maximum atomic E-state index is 12.9. The summed E-state index contributed by atoms with van der Waals surface area (Å²) in [4.78, 5) is 14.1. The zero-order chi connectivity index (χ0) is 18.9. The van der Waals surface area contributed by atoms with Crippen LogP contribution in [0.3, 0.4) is 0 Å². The molecule has 1 unspecified atom stereocenters. The number of aliphatic hydroxyl groups is 1. The van der Waals surface area contributed by atoms with E-state index in [1.54, 1.807) is 6.07 Å². The molecule has 144 valence electrons. The minimum Gasteiger partial charge on any atom is -0.396 e. The van der Waals surface area contributed by atoms with Gasteiger partial charge in [-0.2, -0.15) is 13.2 Å². The van der Waals surface area contributed by atoms with Crippen molar-refractivity contribution in [1.29, 1.82) is 0 Å². The molecule has 1 N–H and O–H groups in total. The predicted octanol–water partition coefficient (Wildman–Crippen LogP) is 3.90. The Hall–Kier alpha value is -1.56. The van der Waals surface area contributed by atoms with Crippen molar-refractivity contribution >= 4 is 5.91 Å². The summed E-state index contributed by atoms with van der Waals surface area (Å²) in [5.74, 6) is 0.0900. The first kappa shape index (κ1) is 19.2. The van der Waals surface area contributed by atoms with Gasteiger partial charge in [-0.15, -0.1) is 0 Å². The fourth-order valence-corrected chi connectivity index (χ4v) is 4.56. The Labute approximate surface area is 152 Å². The number of carbonyl (C=O) groups is 1. The Balaban J connectivity index is 1.55. The zero-order valence-electron chi connectivity index (χ0n) is 15.1. The van der Waals surface area contributed by atoms with E-state index in [-0.39, 0.29) is 23.8 Å². The summed E-state index contributed by atoms with van der Waals surface area (Å²) in [6, 6.07) is 5.62. The summed E-state index contributed by atoms with van der Waals surface area (Å²) < 4.78 is 38.6. The summed E-state index contributed by atoms with van der Waals surface area (Å²) >= 11 is 0. The number of likely N-dealkylation sites (tertiary alicyclic amines) is 1. The van der Waals surface area contributed by atoms with Crippen LogP contribution in [0.1, 0.15) is 43.7 Å². The summed E-state index contributed by atoms with van der Waals surface area (Å²) in [5.41, 5.74) is 0.286. The summed E-state index contributed by atoms with van der Waals surface area (Å²) in [7, 11) is 0. The lowest BCUT2D eigenvalue weighted by atomic mass is 9.76. The summed E-state index contributed by atoms with van der Waals surface area (Å²) in [5, 5.41) is 9.28. The van der Waals surface area contributed by atoms with Crippen molar-refractivity contribution < 1.29 is 23.1 Å². The fraction of sp³-hybridized carbons (Fsp3) is 0.650. The Morgan fingerprint density at radius 3 is 2.73 bits per heavy atom. The van der Waals surface area contributed by atoms with E-state index < -0.39 is 11.7 Å². The molecule has 1 amide bonds. The molecule has 1 spiro atoms. The van der Waals surface area contributed by atoms with Gasteiger partial charge in [-0.05, 0) is 49.7 Å². The number of carbonyl (C=O) groups excluding carboxylic acids is 1. The van der Waals surface area contributed by atoms with E-state index in [4.69, 9.17) is 0 Å². The highest BCUT2D eigenvalue weighted by molar-refractivity contribution is 5.80. The first-order chi connectivity index (χ1) is 12.3. The van der Waals surface area contributed by atoms with Crippen molar-refractivity contribution in [1.82, 2.24) is 4.90 Å². The minimum absolute atomic E-state index is 0.0296. The minimum atomic E-state index is -4.30. The van der Waals surface area contributed by atoms with Gasteiger partial charge in [-0.25, -0.2) is 0 Å². The molecular weight excluding hydrogens is 343 g/mol. The fourth-order valence-electron chi connectivity index (χ4n) is 4.56. The van der Waals surface area contributed by atoms with Crippen molar-refractivity contribution in [3.63, 3.8) is 0 Å². The number of alkyl halides is 3. The van der Waals surface area contributed by atoms with Gasteiger partial charge in [0.15, 0.2) is 0 Å². The largest absolute Gasteiger partial charge is 0.416 e. The number of halogens is 3. The van der Waals surface area contributed by atoms with Crippen LogP contribution in [0.5, 0.6) is 0 Å². The molecule has 1 heterocycles. The van der Waals surface area contributed by atoms with Crippen molar-refractivity contribution in [2.24, 2.45) is 17.3 Å². The lowest BCUT2D eigenvalue weighted by molar-refractivity contribution is -0.149. The van der Waals surface area contributed by atoms with E-state index >= 15 is 0 Å². The average molecular weight is 369 g/mol. The van der Waals surface area contributed by atoms with Gasteiger partial charge in [-0.1, -0.05) is 25.1 Å². The second-order valence-electron chi connectivity index (χ2n) is 7.99. The number of hydrogen-bond donors (Lipinski definition) is 1. The van der Waals surface area contributed by atoms with Gasteiger partial charge in [0.05, 0.1) is 18.1 Å². The third kappa shape index (κ3) is 3.90. The van der Waals surface area contributed by atoms with E-state index in [0.29, 0.717) is 18.8 Å². The Morgan fingerprint density at radius 2 is 2.12 bits per heavy atom.